The Bertz CT molecular complexity index is 1140. The molecule has 0 fully saturated rings. The van der Waals surface area contributed by atoms with Gasteiger partial charge in [0.1, 0.15) is 6.54 Å². The molecular formula is C20H15BrCl2N2O3S. The van der Waals surface area contributed by atoms with E-state index in [1.807, 2.05) is 0 Å². The lowest BCUT2D eigenvalue weighted by Gasteiger charge is -2.25. The second-order valence-corrected chi connectivity index (χ2v) is 9.43. The Morgan fingerprint density at radius 3 is 2.28 bits per heavy atom. The number of carbonyl (C=O) groups excluding carboxylic acids is 1. The number of nitrogens with zero attached hydrogens (tertiary/aromatic N) is 1. The summed E-state index contributed by atoms with van der Waals surface area (Å²) in [5.74, 6) is -0.535. The fraction of sp³-hybridized carbons (Fsp3) is 0.0500. The fourth-order valence-electron chi connectivity index (χ4n) is 2.59. The van der Waals surface area contributed by atoms with Gasteiger partial charge in [-0.2, -0.15) is 0 Å². The molecule has 0 saturated carbocycles. The number of hydrogen-bond acceptors (Lipinski definition) is 3. The molecule has 9 heteroatoms. The summed E-state index contributed by atoms with van der Waals surface area (Å²) in [6, 6.07) is 19.5. The smallest absolute Gasteiger partial charge is 0.264 e. The van der Waals surface area contributed by atoms with Gasteiger partial charge in [-0.3, -0.25) is 9.10 Å². The second kappa shape index (κ2) is 9.17. The lowest BCUT2D eigenvalue weighted by molar-refractivity contribution is -0.114. The maximum Gasteiger partial charge on any atom is 0.264 e. The zero-order valence-corrected chi connectivity index (χ0v) is 18.8. The Kier molecular flexibility index (Phi) is 6.85. The number of halogens is 3. The van der Waals surface area contributed by atoms with Crippen molar-refractivity contribution in [3.05, 3.63) is 87.3 Å². The standard InChI is InChI=1S/C20H15BrCl2N2O3S/c21-15-9-4-5-11-17(15)24-19(26)13-25(18-12-6-10-16(22)20(18)23)29(27,28)14-7-2-1-3-8-14/h1-12H,13H2,(H,24,26). The van der Waals surface area contributed by atoms with E-state index in [1.165, 1.54) is 18.2 Å². The van der Waals surface area contributed by atoms with E-state index in [1.54, 1.807) is 54.6 Å². The molecule has 3 aromatic rings. The summed E-state index contributed by atoms with van der Waals surface area (Å²) in [7, 11) is -4.07. The lowest BCUT2D eigenvalue weighted by Crippen LogP contribution is -2.38. The van der Waals surface area contributed by atoms with Crippen molar-refractivity contribution in [3.8, 4) is 0 Å². The third-order valence-corrected chi connectivity index (χ3v) is 7.24. The SMILES string of the molecule is O=C(CN(c1cccc(Cl)c1Cl)S(=O)(=O)c1ccccc1)Nc1ccccc1Br. The summed E-state index contributed by atoms with van der Waals surface area (Å²) in [4.78, 5) is 12.7. The van der Waals surface area contributed by atoms with Gasteiger partial charge in [0.25, 0.3) is 10.0 Å². The first kappa shape index (κ1) is 21.6. The van der Waals surface area contributed by atoms with E-state index >= 15 is 0 Å². The fourth-order valence-corrected chi connectivity index (χ4v) is 4.87. The van der Waals surface area contributed by atoms with E-state index < -0.39 is 22.5 Å². The van der Waals surface area contributed by atoms with Gasteiger partial charge in [0.15, 0.2) is 0 Å². The van der Waals surface area contributed by atoms with E-state index in [0.717, 1.165) is 4.31 Å². The first-order chi connectivity index (χ1) is 13.8. The van der Waals surface area contributed by atoms with Gasteiger partial charge in [0, 0.05) is 4.47 Å². The van der Waals surface area contributed by atoms with Crippen molar-refractivity contribution in [3.63, 3.8) is 0 Å². The molecule has 0 heterocycles. The molecule has 0 bridgehead atoms. The minimum Gasteiger partial charge on any atom is -0.323 e. The highest BCUT2D eigenvalue weighted by atomic mass is 79.9. The number of carbonyl (C=O) groups is 1. The summed E-state index contributed by atoms with van der Waals surface area (Å²) in [5, 5.41) is 2.93. The summed E-state index contributed by atoms with van der Waals surface area (Å²) >= 11 is 15.7. The number of rotatable bonds is 6. The molecule has 29 heavy (non-hydrogen) atoms. The highest BCUT2D eigenvalue weighted by molar-refractivity contribution is 9.10. The molecule has 0 unspecified atom stereocenters. The Morgan fingerprint density at radius 2 is 1.59 bits per heavy atom. The van der Waals surface area contributed by atoms with Gasteiger partial charge in [0.2, 0.25) is 5.91 Å². The molecule has 0 saturated heterocycles. The van der Waals surface area contributed by atoms with Gasteiger partial charge in [-0.25, -0.2) is 8.42 Å². The number of benzene rings is 3. The predicted octanol–water partition coefficient (Wildman–Crippen LogP) is 5.59. The van der Waals surface area contributed by atoms with Crippen molar-refractivity contribution in [1.82, 2.24) is 0 Å². The van der Waals surface area contributed by atoms with Crippen LogP contribution in [0, 0.1) is 0 Å². The van der Waals surface area contributed by atoms with Crippen LogP contribution in [0.1, 0.15) is 0 Å². The van der Waals surface area contributed by atoms with Gasteiger partial charge in [-0.1, -0.05) is 59.6 Å². The van der Waals surface area contributed by atoms with Gasteiger partial charge >= 0.3 is 0 Å². The lowest BCUT2D eigenvalue weighted by atomic mass is 10.3. The Hall–Kier alpha value is -2.06. The van der Waals surface area contributed by atoms with Crippen LogP contribution in [0.5, 0.6) is 0 Å². The molecule has 0 aliphatic rings. The van der Waals surface area contributed by atoms with Crippen molar-refractivity contribution in [2.24, 2.45) is 0 Å². The molecule has 1 amide bonds. The molecule has 0 spiro atoms. The van der Waals surface area contributed by atoms with Crippen LogP contribution >= 0.6 is 39.1 Å². The predicted molar refractivity (Wildman–Crippen MR) is 120 cm³/mol. The average Bonchev–Trinajstić information content (AvgIpc) is 2.71. The molecule has 3 rings (SSSR count). The minimum atomic E-state index is -4.07. The summed E-state index contributed by atoms with van der Waals surface area (Å²) in [5.41, 5.74) is 0.636. The van der Waals surface area contributed by atoms with Crippen molar-refractivity contribution >= 4 is 66.4 Å². The van der Waals surface area contributed by atoms with E-state index in [2.05, 4.69) is 21.2 Å². The first-order valence-electron chi connectivity index (χ1n) is 8.37. The van der Waals surface area contributed by atoms with Crippen LogP contribution in [-0.4, -0.2) is 20.9 Å². The maximum atomic E-state index is 13.3. The normalized spacial score (nSPS) is 11.1. The van der Waals surface area contributed by atoms with E-state index in [4.69, 9.17) is 23.2 Å². The summed E-state index contributed by atoms with van der Waals surface area (Å²) in [6.45, 7) is -0.487. The zero-order chi connectivity index (χ0) is 21.0. The Balaban J connectivity index is 2.01. The molecule has 0 radical (unpaired) electrons. The second-order valence-electron chi connectivity index (χ2n) is 5.93. The van der Waals surface area contributed by atoms with E-state index in [9.17, 15) is 13.2 Å². The Labute approximate surface area is 187 Å². The zero-order valence-electron chi connectivity index (χ0n) is 14.8. The van der Waals surface area contributed by atoms with Crippen LogP contribution in [0.15, 0.2) is 82.2 Å². The van der Waals surface area contributed by atoms with Crippen molar-refractivity contribution in [2.75, 3.05) is 16.2 Å². The quantitative estimate of drug-likeness (QED) is 0.467. The average molecular weight is 514 g/mol. The van der Waals surface area contributed by atoms with Gasteiger partial charge in [-0.05, 0) is 52.3 Å². The maximum absolute atomic E-state index is 13.3. The van der Waals surface area contributed by atoms with Gasteiger partial charge < -0.3 is 5.32 Å². The highest BCUT2D eigenvalue weighted by Gasteiger charge is 2.29. The monoisotopic (exact) mass is 512 g/mol. The number of sulfonamides is 1. The van der Waals surface area contributed by atoms with Gasteiger partial charge in [0.05, 0.1) is 26.3 Å². The summed E-state index contributed by atoms with van der Waals surface area (Å²) in [6.07, 6.45) is 0. The largest absolute Gasteiger partial charge is 0.323 e. The van der Waals surface area contributed by atoms with Crippen LogP contribution in [-0.2, 0) is 14.8 Å². The van der Waals surface area contributed by atoms with Crippen LogP contribution in [0.4, 0.5) is 11.4 Å². The van der Waals surface area contributed by atoms with E-state index in [-0.39, 0.29) is 20.6 Å². The minimum absolute atomic E-state index is 0.0322. The number of amides is 1. The van der Waals surface area contributed by atoms with E-state index in [0.29, 0.717) is 10.2 Å². The van der Waals surface area contributed by atoms with Gasteiger partial charge in [-0.15, -0.1) is 0 Å². The summed E-state index contributed by atoms with van der Waals surface area (Å²) < 4.78 is 28.2. The third kappa shape index (κ3) is 4.93. The molecule has 0 atom stereocenters. The topological polar surface area (TPSA) is 66.5 Å². The molecular weight excluding hydrogens is 499 g/mol. The molecule has 5 nitrogen and oxygen atoms in total. The molecule has 150 valence electrons. The first-order valence-corrected chi connectivity index (χ1v) is 11.4. The highest BCUT2D eigenvalue weighted by Crippen LogP contribution is 2.35. The number of anilines is 2. The van der Waals surface area contributed by atoms with Crippen LogP contribution in [0.2, 0.25) is 10.0 Å². The molecule has 1 N–H and O–H groups in total. The van der Waals surface area contributed by atoms with Crippen LogP contribution < -0.4 is 9.62 Å². The molecule has 0 aliphatic carbocycles. The number of para-hydroxylation sites is 1. The van der Waals surface area contributed by atoms with Crippen LogP contribution in [0.3, 0.4) is 0 Å². The van der Waals surface area contributed by atoms with Crippen LogP contribution in [0.25, 0.3) is 0 Å². The molecule has 3 aromatic carbocycles. The molecule has 0 aromatic heterocycles. The van der Waals surface area contributed by atoms with Crippen molar-refractivity contribution in [2.45, 2.75) is 4.90 Å². The third-order valence-electron chi connectivity index (χ3n) is 3.97. The Morgan fingerprint density at radius 1 is 0.931 bits per heavy atom. The number of nitrogens with one attached hydrogen (secondary N) is 1. The van der Waals surface area contributed by atoms with Crippen molar-refractivity contribution in [1.29, 1.82) is 0 Å². The molecule has 0 aliphatic heterocycles. The number of hydrogen-bond donors (Lipinski definition) is 1. The van der Waals surface area contributed by atoms with Crippen molar-refractivity contribution < 1.29 is 13.2 Å².